The van der Waals surface area contributed by atoms with Gasteiger partial charge in [0.15, 0.2) is 0 Å². The van der Waals surface area contributed by atoms with Gasteiger partial charge in [-0.3, -0.25) is 4.79 Å². The maximum absolute atomic E-state index is 11.3. The molecule has 0 N–H and O–H groups in total. The first-order chi connectivity index (χ1) is 5.75. The Hall–Kier alpha value is -1.38. The summed E-state index contributed by atoms with van der Waals surface area (Å²) in [4.78, 5) is 21.4. The number of hydrogen-bond donors (Lipinski definition) is 0. The second kappa shape index (κ2) is 3.85. The topological polar surface area (TPSA) is 39.1 Å². The molecule has 3 nitrogen and oxygen atoms in total. The van der Waals surface area contributed by atoms with Crippen LogP contribution in [-0.4, -0.2) is 10.9 Å². The molecule has 0 saturated heterocycles. The molecule has 0 aliphatic heterocycles. The maximum atomic E-state index is 11.3. The molecule has 1 aromatic heterocycles. The van der Waals surface area contributed by atoms with Crippen molar-refractivity contribution in [2.24, 2.45) is 7.05 Å². The number of carbonyl (C=O) groups excluding carboxylic acids is 1. The first-order valence-corrected chi connectivity index (χ1v) is 3.84. The Labute approximate surface area is 70.6 Å². The highest BCUT2D eigenvalue weighted by Crippen LogP contribution is 1.94. The highest BCUT2D eigenvalue weighted by Gasteiger charge is 1.98. The van der Waals surface area contributed by atoms with Gasteiger partial charge in [0.1, 0.15) is 6.29 Å². The van der Waals surface area contributed by atoms with Gasteiger partial charge in [-0.1, -0.05) is 6.07 Å². The fourth-order valence-electron chi connectivity index (χ4n) is 1.06. The summed E-state index contributed by atoms with van der Waals surface area (Å²) in [5.74, 6) is 0. The van der Waals surface area contributed by atoms with Crippen molar-refractivity contribution in [3.05, 3.63) is 34.2 Å². The Morgan fingerprint density at radius 2 is 2.33 bits per heavy atom. The molecule has 3 heteroatoms. The number of carbonyl (C=O) groups is 1. The number of hydrogen-bond acceptors (Lipinski definition) is 2. The molecule has 0 bridgehead atoms. The second-order valence-electron chi connectivity index (χ2n) is 2.65. The number of rotatable bonds is 3. The van der Waals surface area contributed by atoms with Crippen LogP contribution in [0.1, 0.15) is 12.0 Å². The van der Waals surface area contributed by atoms with Crippen LogP contribution < -0.4 is 5.56 Å². The van der Waals surface area contributed by atoms with Gasteiger partial charge >= 0.3 is 0 Å². The van der Waals surface area contributed by atoms with Crippen LogP contribution in [-0.2, 0) is 18.3 Å². The fraction of sp³-hybridized carbons (Fsp3) is 0.333. The van der Waals surface area contributed by atoms with E-state index in [1.54, 1.807) is 19.3 Å². The van der Waals surface area contributed by atoms with Crippen molar-refractivity contribution in [1.29, 1.82) is 0 Å². The lowest BCUT2D eigenvalue weighted by atomic mass is 10.2. The molecular weight excluding hydrogens is 154 g/mol. The third-order valence-corrected chi connectivity index (χ3v) is 1.73. The van der Waals surface area contributed by atoms with Crippen molar-refractivity contribution in [2.75, 3.05) is 0 Å². The lowest BCUT2D eigenvalue weighted by Crippen LogP contribution is -2.19. The lowest BCUT2D eigenvalue weighted by Gasteiger charge is -1.99. The van der Waals surface area contributed by atoms with Gasteiger partial charge in [0.05, 0.1) is 0 Å². The van der Waals surface area contributed by atoms with E-state index in [1.165, 1.54) is 4.57 Å². The molecule has 1 rings (SSSR count). The quantitative estimate of drug-likeness (QED) is 0.612. The normalized spacial score (nSPS) is 9.75. The van der Waals surface area contributed by atoms with Crippen molar-refractivity contribution < 1.29 is 4.79 Å². The van der Waals surface area contributed by atoms with E-state index < -0.39 is 0 Å². The van der Waals surface area contributed by atoms with E-state index in [0.717, 1.165) is 6.29 Å². The lowest BCUT2D eigenvalue weighted by molar-refractivity contribution is -0.107. The Morgan fingerprint density at radius 3 is 3.00 bits per heavy atom. The smallest absolute Gasteiger partial charge is 0.253 e. The van der Waals surface area contributed by atoms with Crippen LogP contribution in [0.4, 0.5) is 0 Å². The molecule has 0 radical (unpaired) electrons. The molecule has 1 aromatic rings. The molecule has 0 aliphatic rings. The highest BCUT2D eigenvalue weighted by molar-refractivity contribution is 5.49. The Morgan fingerprint density at radius 1 is 1.58 bits per heavy atom. The molecule has 0 amide bonds. The van der Waals surface area contributed by atoms with Gasteiger partial charge in [0.2, 0.25) is 0 Å². The van der Waals surface area contributed by atoms with Gasteiger partial charge < -0.3 is 9.36 Å². The minimum Gasteiger partial charge on any atom is -0.318 e. The predicted molar refractivity (Wildman–Crippen MR) is 46.1 cm³/mol. The third-order valence-electron chi connectivity index (χ3n) is 1.73. The summed E-state index contributed by atoms with van der Waals surface area (Å²) in [6.07, 6.45) is 3.48. The van der Waals surface area contributed by atoms with Crippen LogP contribution in [0.5, 0.6) is 0 Å². The molecule has 12 heavy (non-hydrogen) atoms. The number of aryl methyl sites for hydroxylation is 2. The van der Waals surface area contributed by atoms with Crippen LogP contribution >= 0.6 is 0 Å². The standard InChI is InChI=1S/C9H11NO2/c1-10-6-2-4-8(9(10)12)5-3-7-11/h2,4,6-7H,3,5H2,1H3. The van der Waals surface area contributed by atoms with Gasteiger partial charge in [-0.05, 0) is 12.5 Å². The van der Waals surface area contributed by atoms with Crippen molar-refractivity contribution in [1.82, 2.24) is 4.57 Å². The third kappa shape index (κ3) is 1.81. The largest absolute Gasteiger partial charge is 0.318 e. The minimum atomic E-state index is -0.0145. The second-order valence-corrected chi connectivity index (χ2v) is 2.65. The summed E-state index contributed by atoms with van der Waals surface area (Å²) < 4.78 is 1.51. The van der Waals surface area contributed by atoms with Crippen LogP contribution in [0.2, 0.25) is 0 Å². The molecule has 1 heterocycles. The Kier molecular flexibility index (Phi) is 2.80. The number of pyridine rings is 1. The zero-order valence-corrected chi connectivity index (χ0v) is 6.99. The summed E-state index contributed by atoms with van der Waals surface area (Å²) in [6, 6.07) is 3.56. The number of nitrogens with zero attached hydrogens (tertiary/aromatic N) is 1. The molecule has 0 aromatic carbocycles. The van der Waals surface area contributed by atoms with Crippen molar-refractivity contribution in [2.45, 2.75) is 12.8 Å². The van der Waals surface area contributed by atoms with Crippen molar-refractivity contribution >= 4 is 6.29 Å². The minimum absolute atomic E-state index is 0.0145. The van der Waals surface area contributed by atoms with E-state index in [1.807, 2.05) is 6.07 Å². The van der Waals surface area contributed by atoms with Gasteiger partial charge in [-0.2, -0.15) is 0 Å². The first kappa shape index (κ1) is 8.71. The van der Waals surface area contributed by atoms with Crippen LogP contribution in [0.15, 0.2) is 23.1 Å². The van der Waals surface area contributed by atoms with Crippen molar-refractivity contribution in [3.8, 4) is 0 Å². The molecule has 0 aliphatic carbocycles. The maximum Gasteiger partial charge on any atom is 0.253 e. The fourth-order valence-corrected chi connectivity index (χ4v) is 1.06. The first-order valence-electron chi connectivity index (χ1n) is 3.84. The Balaban J connectivity index is 2.92. The average Bonchev–Trinajstić information content (AvgIpc) is 2.08. The van der Waals surface area contributed by atoms with Gasteiger partial charge in [-0.25, -0.2) is 0 Å². The SMILES string of the molecule is Cn1cccc(CCC=O)c1=O. The predicted octanol–water partition coefficient (Wildman–Crippen LogP) is 0.517. The summed E-state index contributed by atoms with van der Waals surface area (Å²) in [6.45, 7) is 0. The van der Waals surface area contributed by atoms with E-state index in [0.29, 0.717) is 18.4 Å². The molecular formula is C9H11NO2. The monoisotopic (exact) mass is 165 g/mol. The van der Waals surface area contributed by atoms with Gasteiger partial charge in [0.25, 0.3) is 5.56 Å². The molecule has 0 saturated carbocycles. The van der Waals surface area contributed by atoms with Crippen LogP contribution in [0.3, 0.4) is 0 Å². The zero-order chi connectivity index (χ0) is 8.97. The zero-order valence-electron chi connectivity index (χ0n) is 6.99. The van der Waals surface area contributed by atoms with Gasteiger partial charge in [-0.15, -0.1) is 0 Å². The molecule has 0 spiro atoms. The average molecular weight is 165 g/mol. The van der Waals surface area contributed by atoms with E-state index >= 15 is 0 Å². The molecule has 0 unspecified atom stereocenters. The summed E-state index contributed by atoms with van der Waals surface area (Å²) in [7, 11) is 1.70. The van der Waals surface area contributed by atoms with E-state index in [4.69, 9.17) is 0 Å². The summed E-state index contributed by atoms with van der Waals surface area (Å²) in [5, 5.41) is 0. The van der Waals surface area contributed by atoms with Crippen LogP contribution in [0.25, 0.3) is 0 Å². The Bertz CT molecular complexity index is 328. The number of aldehydes is 1. The van der Waals surface area contributed by atoms with Crippen molar-refractivity contribution in [3.63, 3.8) is 0 Å². The number of aromatic nitrogens is 1. The van der Waals surface area contributed by atoms with Crippen LogP contribution in [0, 0.1) is 0 Å². The molecule has 64 valence electrons. The van der Waals surface area contributed by atoms with E-state index in [2.05, 4.69) is 0 Å². The van der Waals surface area contributed by atoms with E-state index in [9.17, 15) is 9.59 Å². The molecule has 0 atom stereocenters. The summed E-state index contributed by atoms with van der Waals surface area (Å²) in [5.41, 5.74) is 0.687. The van der Waals surface area contributed by atoms with E-state index in [-0.39, 0.29) is 5.56 Å². The summed E-state index contributed by atoms with van der Waals surface area (Å²) >= 11 is 0. The van der Waals surface area contributed by atoms with Gasteiger partial charge in [0, 0.05) is 25.2 Å². The molecule has 0 fully saturated rings. The highest BCUT2D eigenvalue weighted by atomic mass is 16.1.